The van der Waals surface area contributed by atoms with Crippen LogP contribution >= 0.6 is 0 Å². The fourth-order valence-corrected chi connectivity index (χ4v) is 3.15. The first-order chi connectivity index (χ1) is 13.7. The number of alkyl halides is 3. The molecule has 8 nitrogen and oxygen atoms in total. The normalized spacial score (nSPS) is 22.0. The van der Waals surface area contributed by atoms with Gasteiger partial charge in [-0.15, -0.1) is 0 Å². The second-order valence-electron chi connectivity index (χ2n) is 7.23. The van der Waals surface area contributed by atoms with Gasteiger partial charge in [-0.05, 0) is 32.6 Å². The van der Waals surface area contributed by atoms with E-state index in [-0.39, 0.29) is 29.7 Å². The second kappa shape index (κ2) is 8.16. The molecule has 0 atom stereocenters. The molecule has 1 fully saturated rings. The van der Waals surface area contributed by atoms with Gasteiger partial charge in [0.05, 0.1) is 11.8 Å². The highest BCUT2D eigenvalue weighted by molar-refractivity contribution is 5.54. The monoisotopic (exact) mass is 407 g/mol. The van der Waals surface area contributed by atoms with Crippen LogP contribution in [0, 0.1) is 11.3 Å². The van der Waals surface area contributed by atoms with Crippen LogP contribution in [0.2, 0.25) is 0 Å². The molecule has 2 heterocycles. The van der Waals surface area contributed by atoms with E-state index in [1.165, 1.54) is 6.20 Å². The zero-order valence-electron chi connectivity index (χ0n) is 15.7. The van der Waals surface area contributed by atoms with Crippen molar-refractivity contribution in [2.45, 2.75) is 57.0 Å². The number of nitrogens with one attached hydrogen (secondary N) is 2. The zero-order valence-corrected chi connectivity index (χ0v) is 15.7. The average molecular weight is 407 g/mol. The summed E-state index contributed by atoms with van der Waals surface area (Å²) in [5, 5.41) is 25.2. The van der Waals surface area contributed by atoms with Crippen LogP contribution in [-0.4, -0.2) is 36.7 Å². The molecule has 1 aliphatic carbocycles. The summed E-state index contributed by atoms with van der Waals surface area (Å²) >= 11 is 0. The van der Waals surface area contributed by atoms with Crippen LogP contribution < -0.4 is 10.6 Å². The lowest BCUT2D eigenvalue weighted by Crippen LogP contribution is -2.36. The summed E-state index contributed by atoms with van der Waals surface area (Å²) in [6.07, 6.45) is 1.30. The Morgan fingerprint density at radius 1 is 1.28 bits per heavy atom. The summed E-state index contributed by atoms with van der Waals surface area (Å²) < 4.78 is 39.1. The van der Waals surface area contributed by atoms with Gasteiger partial charge in [-0.2, -0.15) is 23.4 Å². The van der Waals surface area contributed by atoms with E-state index in [4.69, 9.17) is 0 Å². The molecule has 3 rings (SSSR count). The summed E-state index contributed by atoms with van der Waals surface area (Å²) in [5.41, 5.74) is -1.63. The van der Waals surface area contributed by atoms with Crippen molar-refractivity contribution < 1.29 is 18.3 Å². The first-order valence-electron chi connectivity index (χ1n) is 9.04. The molecule has 29 heavy (non-hydrogen) atoms. The first-order valence-corrected chi connectivity index (χ1v) is 9.04. The molecule has 2 aromatic rings. The minimum Gasteiger partial charge on any atom is -0.390 e. The van der Waals surface area contributed by atoms with Crippen molar-refractivity contribution in [3.8, 4) is 6.07 Å². The number of halogens is 3. The van der Waals surface area contributed by atoms with Gasteiger partial charge in [0.15, 0.2) is 5.69 Å². The van der Waals surface area contributed by atoms with Crippen LogP contribution in [-0.2, 0) is 12.7 Å². The third-order valence-electron chi connectivity index (χ3n) is 4.81. The summed E-state index contributed by atoms with van der Waals surface area (Å²) in [6.45, 7) is 1.56. The maximum Gasteiger partial charge on any atom is 0.433 e. The highest BCUT2D eigenvalue weighted by Gasteiger charge is 2.35. The molecule has 11 heteroatoms. The van der Waals surface area contributed by atoms with Crippen molar-refractivity contribution in [1.82, 2.24) is 19.9 Å². The number of nitrogens with zero attached hydrogens (tertiary/aromatic N) is 5. The van der Waals surface area contributed by atoms with Crippen LogP contribution in [0.3, 0.4) is 0 Å². The number of hydrogen-bond acceptors (Lipinski definition) is 8. The molecular weight excluding hydrogens is 387 g/mol. The average Bonchev–Trinajstić information content (AvgIpc) is 2.68. The van der Waals surface area contributed by atoms with E-state index in [2.05, 4.69) is 30.6 Å². The highest BCUT2D eigenvalue weighted by atomic mass is 19.4. The van der Waals surface area contributed by atoms with Crippen LogP contribution in [0.4, 0.5) is 24.9 Å². The minimum atomic E-state index is -4.60. The molecule has 1 aliphatic rings. The van der Waals surface area contributed by atoms with Gasteiger partial charge in [-0.1, -0.05) is 0 Å². The van der Waals surface area contributed by atoms with E-state index in [0.717, 1.165) is 12.5 Å². The van der Waals surface area contributed by atoms with Crippen LogP contribution in [0.15, 0.2) is 18.7 Å². The molecule has 154 valence electrons. The predicted octanol–water partition coefficient (Wildman–Crippen LogP) is 2.87. The van der Waals surface area contributed by atoms with Gasteiger partial charge in [0.2, 0.25) is 5.95 Å². The molecule has 0 spiro atoms. The maximum atomic E-state index is 13.0. The second-order valence-corrected chi connectivity index (χ2v) is 7.23. The van der Waals surface area contributed by atoms with Crippen LogP contribution in [0.5, 0.6) is 0 Å². The summed E-state index contributed by atoms with van der Waals surface area (Å²) in [4.78, 5) is 15.2. The van der Waals surface area contributed by atoms with Gasteiger partial charge in [-0.25, -0.2) is 15.0 Å². The third-order valence-corrected chi connectivity index (χ3v) is 4.81. The molecule has 0 saturated heterocycles. The van der Waals surface area contributed by atoms with E-state index in [9.17, 15) is 23.5 Å². The lowest BCUT2D eigenvalue weighted by Gasteiger charge is -2.33. The minimum absolute atomic E-state index is 0.0319. The van der Waals surface area contributed by atoms with E-state index in [0.29, 0.717) is 31.5 Å². The Bertz CT molecular complexity index is 901. The Labute approximate surface area is 165 Å². The van der Waals surface area contributed by atoms with Crippen molar-refractivity contribution in [2.75, 3.05) is 10.6 Å². The SMILES string of the molecule is C[C@]1(O)CC[C@@H](Nc2nc(NCc3cncnc3C(F)(F)F)ncc2C#N)CC1. The summed E-state index contributed by atoms with van der Waals surface area (Å²) in [7, 11) is 0. The van der Waals surface area contributed by atoms with Gasteiger partial charge >= 0.3 is 6.18 Å². The molecule has 2 aromatic heterocycles. The van der Waals surface area contributed by atoms with Crippen LogP contribution in [0.25, 0.3) is 0 Å². The number of anilines is 2. The lowest BCUT2D eigenvalue weighted by atomic mass is 9.83. The van der Waals surface area contributed by atoms with Crippen molar-refractivity contribution in [3.63, 3.8) is 0 Å². The van der Waals surface area contributed by atoms with Gasteiger partial charge in [0.1, 0.15) is 23.8 Å². The van der Waals surface area contributed by atoms with Crippen molar-refractivity contribution in [3.05, 3.63) is 35.5 Å². The van der Waals surface area contributed by atoms with E-state index in [1.54, 1.807) is 6.92 Å². The molecule has 0 radical (unpaired) electrons. The quantitative estimate of drug-likeness (QED) is 0.692. The molecular formula is C18H20F3N7O. The molecule has 0 bridgehead atoms. The standard InChI is InChI=1S/C18H20F3N7O/c1-17(29)4-2-13(3-5-17)27-15-11(6-22)8-24-16(28-15)25-9-12-7-23-10-26-14(12)18(19,20)21/h7-8,10,13,29H,2-5,9H2,1H3,(H2,24,25,27,28)/t13-,17+. The third kappa shape index (κ3) is 5.29. The number of aliphatic hydroxyl groups is 1. The van der Waals surface area contributed by atoms with E-state index < -0.39 is 17.5 Å². The van der Waals surface area contributed by atoms with Crippen molar-refractivity contribution in [2.24, 2.45) is 0 Å². The largest absolute Gasteiger partial charge is 0.433 e. The highest BCUT2D eigenvalue weighted by Crippen LogP contribution is 2.31. The van der Waals surface area contributed by atoms with Crippen LogP contribution in [0.1, 0.15) is 49.4 Å². The Morgan fingerprint density at radius 3 is 2.66 bits per heavy atom. The molecule has 1 saturated carbocycles. The van der Waals surface area contributed by atoms with E-state index in [1.807, 2.05) is 6.07 Å². The number of rotatable bonds is 5. The Balaban J connectivity index is 1.72. The number of hydrogen-bond donors (Lipinski definition) is 3. The fraction of sp³-hybridized carbons (Fsp3) is 0.500. The zero-order chi connectivity index (χ0) is 21.1. The summed E-state index contributed by atoms with van der Waals surface area (Å²) in [6, 6.07) is 2.03. The van der Waals surface area contributed by atoms with Gasteiger partial charge in [-0.3, -0.25) is 0 Å². The maximum absolute atomic E-state index is 13.0. The Hall–Kier alpha value is -3.00. The number of aromatic nitrogens is 4. The molecule has 0 amide bonds. The molecule has 0 aromatic carbocycles. The topological polar surface area (TPSA) is 120 Å². The van der Waals surface area contributed by atoms with Crippen molar-refractivity contribution >= 4 is 11.8 Å². The number of nitriles is 1. The Kier molecular flexibility index (Phi) is 5.83. The Morgan fingerprint density at radius 2 is 2.00 bits per heavy atom. The predicted molar refractivity (Wildman–Crippen MR) is 97.6 cm³/mol. The van der Waals surface area contributed by atoms with E-state index >= 15 is 0 Å². The lowest BCUT2D eigenvalue weighted by molar-refractivity contribution is -0.141. The summed E-state index contributed by atoms with van der Waals surface area (Å²) in [5.74, 6) is 0.378. The van der Waals surface area contributed by atoms with Gasteiger partial charge in [0.25, 0.3) is 0 Å². The van der Waals surface area contributed by atoms with Gasteiger partial charge in [0, 0.05) is 24.3 Å². The first kappa shape index (κ1) is 20.7. The van der Waals surface area contributed by atoms with Gasteiger partial charge < -0.3 is 15.7 Å². The molecule has 0 unspecified atom stereocenters. The smallest absolute Gasteiger partial charge is 0.390 e. The molecule has 3 N–H and O–H groups in total. The van der Waals surface area contributed by atoms with Crippen molar-refractivity contribution in [1.29, 1.82) is 5.26 Å². The molecule has 0 aliphatic heterocycles. The fourth-order valence-electron chi connectivity index (χ4n) is 3.15.